The third-order valence-corrected chi connectivity index (χ3v) is 8.30. The van der Waals surface area contributed by atoms with Crippen LogP contribution in [0, 0.1) is 22.7 Å². The molecule has 0 aliphatic heterocycles. The summed E-state index contributed by atoms with van der Waals surface area (Å²) in [4.78, 5) is 13.2. The smallest absolute Gasteiger partial charge is 0.151 e. The highest BCUT2D eigenvalue weighted by atomic mass is 19.1. The molecule has 0 unspecified atom stereocenters. The first-order chi connectivity index (χ1) is 12.6. The molecule has 0 bridgehead atoms. The van der Waals surface area contributed by atoms with Crippen molar-refractivity contribution in [2.24, 2.45) is 22.7 Å². The maximum Gasteiger partial charge on any atom is 0.151 e. The minimum Gasteiger partial charge on any atom is -0.298 e. The molecular weight excluding hydrogens is 323 g/mol. The number of carbonyl (C=O) groups excluding carboxylic acids is 1. The van der Waals surface area contributed by atoms with Gasteiger partial charge in [0.15, 0.2) is 5.78 Å². The van der Waals surface area contributed by atoms with Crippen LogP contribution < -0.4 is 0 Å². The molecule has 150 valence electrons. The predicted octanol–water partition coefficient (Wildman–Crippen LogP) is 7.42. The summed E-state index contributed by atoms with van der Waals surface area (Å²) in [6.07, 6.45) is 17.2. The topological polar surface area (TPSA) is 17.1 Å². The molecule has 1 nitrogen and oxygen atoms in total. The molecule has 3 aliphatic carbocycles. The summed E-state index contributed by atoms with van der Waals surface area (Å²) in [5.74, 6) is 1.84. The molecule has 0 aromatic rings. The van der Waals surface area contributed by atoms with Gasteiger partial charge in [0.2, 0.25) is 0 Å². The van der Waals surface area contributed by atoms with E-state index in [9.17, 15) is 4.79 Å². The number of Topliss-reactive ketones (excluding diaryl/α,β-unsaturated/α-hetero) is 1. The Labute approximate surface area is 160 Å². The van der Waals surface area contributed by atoms with Crippen LogP contribution >= 0.6 is 0 Å². The van der Waals surface area contributed by atoms with Crippen LogP contribution in [0.5, 0.6) is 0 Å². The Morgan fingerprint density at radius 2 is 1.15 bits per heavy atom. The molecule has 0 N–H and O–H groups in total. The lowest BCUT2D eigenvalue weighted by Gasteiger charge is -2.61. The van der Waals surface area contributed by atoms with Gasteiger partial charge in [0.05, 0.1) is 10.8 Å². The van der Waals surface area contributed by atoms with Crippen molar-refractivity contribution in [1.82, 2.24) is 0 Å². The van der Waals surface area contributed by atoms with Crippen molar-refractivity contribution in [2.75, 3.05) is 0 Å². The highest BCUT2D eigenvalue weighted by molar-refractivity contribution is 5.98. The van der Waals surface area contributed by atoms with Gasteiger partial charge >= 0.3 is 0 Å². The van der Waals surface area contributed by atoms with Crippen LogP contribution in [0.2, 0.25) is 0 Å². The monoisotopic (exact) mass is 364 g/mol. The molecule has 0 heterocycles. The molecule has 0 saturated heterocycles. The molecule has 0 aromatic heterocycles. The Morgan fingerprint density at radius 3 is 1.46 bits per heavy atom. The van der Waals surface area contributed by atoms with Crippen LogP contribution in [0.15, 0.2) is 0 Å². The zero-order valence-corrected chi connectivity index (χ0v) is 17.3. The second-order valence-corrected chi connectivity index (χ2v) is 9.88. The largest absolute Gasteiger partial charge is 0.298 e. The number of ketones is 1. The molecule has 3 fully saturated rings. The van der Waals surface area contributed by atoms with Crippen molar-refractivity contribution in [2.45, 2.75) is 123 Å². The summed E-state index contributed by atoms with van der Waals surface area (Å²) in [5.41, 5.74) is -1.12. The lowest BCUT2D eigenvalue weighted by Crippen LogP contribution is -2.69. The Kier molecular flexibility index (Phi) is 6.83. The summed E-state index contributed by atoms with van der Waals surface area (Å²) in [6.45, 7) is 4.49. The fraction of sp³-hybridized carbons (Fsp3) is 0.958. The van der Waals surface area contributed by atoms with Gasteiger partial charge in [-0.05, 0) is 63.2 Å². The SMILES string of the molecule is CCCCCC1CC[C@]2(CC1)C(=O)[C@@]1(CCC(CCCCC)CC1)C2F. The lowest BCUT2D eigenvalue weighted by atomic mass is 9.41. The van der Waals surface area contributed by atoms with Crippen molar-refractivity contribution < 1.29 is 9.18 Å². The van der Waals surface area contributed by atoms with Gasteiger partial charge in [-0.3, -0.25) is 4.79 Å². The van der Waals surface area contributed by atoms with Crippen molar-refractivity contribution in [3.63, 3.8) is 0 Å². The van der Waals surface area contributed by atoms with Crippen molar-refractivity contribution in [3.8, 4) is 0 Å². The highest BCUT2D eigenvalue weighted by Gasteiger charge is 2.71. The first kappa shape index (κ1) is 20.3. The van der Waals surface area contributed by atoms with Crippen molar-refractivity contribution in [3.05, 3.63) is 0 Å². The van der Waals surface area contributed by atoms with Gasteiger partial charge in [-0.2, -0.15) is 0 Å². The Morgan fingerprint density at radius 1 is 0.769 bits per heavy atom. The molecule has 3 aliphatic rings. The second-order valence-electron chi connectivity index (χ2n) is 9.88. The van der Waals surface area contributed by atoms with Crippen LogP contribution in [0.1, 0.15) is 117 Å². The number of halogens is 1. The Balaban J connectivity index is 1.48. The molecule has 0 radical (unpaired) electrons. The normalized spacial score (nSPS) is 40.1. The zero-order chi connectivity index (χ0) is 18.6. The first-order valence-electron chi connectivity index (χ1n) is 11.8. The van der Waals surface area contributed by atoms with Gasteiger partial charge in [0.1, 0.15) is 6.17 Å². The van der Waals surface area contributed by atoms with E-state index in [0.29, 0.717) is 5.78 Å². The number of rotatable bonds is 8. The lowest BCUT2D eigenvalue weighted by molar-refractivity contribution is -0.193. The molecule has 0 amide bonds. The molecule has 3 saturated carbocycles. The second kappa shape index (κ2) is 8.74. The van der Waals surface area contributed by atoms with Crippen molar-refractivity contribution in [1.29, 1.82) is 0 Å². The summed E-state index contributed by atoms with van der Waals surface area (Å²) in [6, 6.07) is 0. The van der Waals surface area contributed by atoms with Crippen LogP contribution in [0.25, 0.3) is 0 Å². The van der Waals surface area contributed by atoms with E-state index in [4.69, 9.17) is 0 Å². The predicted molar refractivity (Wildman–Crippen MR) is 107 cm³/mol. The minimum absolute atomic E-state index is 0.344. The van der Waals surface area contributed by atoms with E-state index in [-0.39, 0.29) is 0 Å². The van der Waals surface area contributed by atoms with Crippen LogP contribution in [-0.4, -0.2) is 12.0 Å². The summed E-state index contributed by atoms with van der Waals surface area (Å²) in [7, 11) is 0. The molecule has 0 aromatic carbocycles. The minimum atomic E-state index is -0.837. The van der Waals surface area contributed by atoms with E-state index in [1.54, 1.807) is 0 Å². The van der Waals surface area contributed by atoms with Crippen LogP contribution in [0.3, 0.4) is 0 Å². The third-order valence-electron chi connectivity index (χ3n) is 8.30. The maximum atomic E-state index is 15.5. The molecule has 0 atom stereocenters. The van der Waals surface area contributed by atoms with Gasteiger partial charge in [0, 0.05) is 0 Å². The average Bonchev–Trinajstić information content (AvgIpc) is 2.69. The fourth-order valence-corrected chi connectivity index (χ4v) is 6.47. The molecule has 2 heteroatoms. The van der Waals surface area contributed by atoms with E-state index < -0.39 is 17.0 Å². The van der Waals surface area contributed by atoms with E-state index in [2.05, 4.69) is 13.8 Å². The molecular formula is C24H41FO. The third kappa shape index (κ3) is 3.63. The van der Waals surface area contributed by atoms with Gasteiger partial charge in [0.25, 0.3) is 0 Å². The Bertz CT molecular complexity index is 415. The summed E-state index contributed by atoms with van der Waals surface area (Å²) in [5, 5.41) is 0. The molecule has 2 spiro atoms. The van der Waals surface area contributed by atoms with E-state index in [1.807, 2.05) is 0 Å². The quantitative estimate of drug-likeness (QED) is 0.409. The number of hydrogen-bond donors (Lipinski definition) is 0. The van der Waals surface area contributed by atoms with Gasteiger partial charge in [-0.1, -0.05) is 65.2 Å². The molecule has 3 rings (SSSR count). The standard InChI is InChI=1S/C24H41FO/c1-3-5-7-9-19-11-15-23(16-12-19)21(25)24(22(23)26)17-13-20(14-18-24)10-8-6-4-2/h19-21H,3-18H2,1-2H3/t19?,20?,21?,23-,24-. The van der Waals surface area contributed by atoms with Gasteiger partial charge in [-0.25, -0.2) is 4.39 Å². The summed E-state index contributed by atoms with van der Waals surface area (Å²) < 4.78 is 15.5. The van der Waals surface area contributed by atoms with Crippen LogP contribution in [0.4, 0.5) is 4.39 Å². The maximum absolute atomic E-state index is 15.5. The average molecular weight is 365 g/mol. The first-order valence-corrected chi connectivity index (χ1v) is 11.8. The van der Waals surface area contributed by atoms with Crippen LogP contribution in [-0.2, 0) is 4.79 Å². The molecule has 26 heavy (non-hydrogen) atoms. The van der Waals surface area contributed by atoms with Crippen molar-refractivity contribution >= 4 is 5.78 Å². The number of unbranched alkanes of at least 4 members (excludes halogenated alkanes) is 4. The number of alkyl halides is 1. The number of carbonyl (C=O) groups is 1. The number of hydrogen-bond acceptors (Lipinski definition) is 1. The van der Waals surface area contributed by atoms with E-state index in [1.165, 1.54) is 51.4 Å². The Hall–Kier alpha value is -0.400. The van der Waals surface area contributed by atoms with E-state index >= 15 is 4.39 Å². The summed E-state index contributed by atoms with van der Waals surface area (Å²) >= 11 is 0. The van der Waals surface area contributed by atoms with E-state index in [0.717, 1.165) is 63.2 Å². The van der Waals surface area contributed by atoms with Gasteiger partial charge < -0.3 is 0 Å². The zero-order valence-electron chi connectivity index (χ0n) is 17.3. The highest BCUT2D eigenvalue weighted by Crippen LogP contribution is 2.65. The van der Waals surface area contributed by atoms with Gasteiger partial charge in [-0.15, -0.1) is 0 Å². The fourth-order valence-electron chi connectivity index (χ4n) is 6.47.